The van der Waals surface area contributed by atoms with E-state index in [1.807, 2.05) is 36.4 Å². The summed E-state index contributed by atoms with van der Waals surface area (Å²) in [5.74, 6) is -0.414. The fourth-order valence-corrected chi connectivity index (χ4v) is 4.03. The highest BCUT2D eigenvalue weighted by Crippen LogP contribution is 2.31. The number of benzene rings is 2. The van der Waals surface area contributed by atoms with E-state index in [9.17, 15) is 14.7 Å². The van der Waals surface area contributed by atoms with Crippen molar-refractivity contribution in [3.8, 4) is 16.5 Å². The van der Waals surface area contributed by atoms with Gasteiger partial charge in [0.05, 0.1) is 15.9 Å². The number of hydrogen-bond donors (Lipinski definition) is 1. The van der Waals surface area contributed by atoms with Crippen LogP contribution < -0.4 is 11.2 Å². The molecule has 0 radical (unpaired) electrons. The maximum absolute atomic E-state index is 12.2. The van der Waals surface area contributed by atoms with Crippen LogP contribution in [0, 0.1) is 6.92 Å². The van der Waals surface area contributed by atoms with Crippen LogP contribution >= 0.6 is 11.3 Å². The number of fused-ring (bicyclic) bond motifs is 1. The molecule has 0 saturated carbocycles. The molecule has 29 heavy (non-hydrogen) atoms. The van der Waals surface area contributed by atoms with Crippen molar-refractivity contribution in [2.24, 2.45) is 19.1 Å². The Hall–Kier alpha value is -3.52. The van der Waals surface area contributed by atoms with E-state index < -0.39 is 17.1 Å². The van der Waals surface area contributed by atoms with Gasteiger partial charge in [-0.25, -0.2) is 9.78 Å². The highest BCUT2D eigenvalue weighted by molar-refractivity contribution is 7.21. The first-order valence-corrected chi connectivity index (χ1v) is 9.67. The molecule has 8 heteroatoms. The Bertz CT molecular complexity index is 1380. The fourth-order valence-electron chi connectivity index (χ4n) is 2.96. The van der Waals surface area contributed by atoms with Crippen LogP contribution in [0.5, 0.6) is 5.88 Å². The van der Waals surface area contributed by atoms with E-state index in [1.165, 1.54) is 25.9 Å². The van der Waals surface area contributed by atoms with Gasteiger partial charge in [0.25, 0.3) is 5.56 Å². The minimum Gasteiger partial charge on any atom is -0.494 e. The van der Waals surface area contributed by atoms with Crippen molar-refractivity contribution in [3.63, 3.8) is 0 Å². The third-order valence-corrected chi connectivity index (χ3v) is 5.74. The lowest BCUT2D eigenvalue weighted by atomic mass is 10.2. The molecule has 0 aliphatic rings. The summed E-state index contributed by atoms with van der Waals surface area (Å²) in [5.41, 5.74) is 2.52. The molecule has 4 rings (SSSR count). The third kappa shape index (κ3) is 3.38. The van der Waals surface area contributed by atoms with Crippen LogP contribution in [0.4, 0.5) is 5.69 Å². The van der Waals surface area contributed by atoms with Crippen LogP contribution in [0.2, 0.25) is 0 Å². The van der Waals surface area contributed by atoms with Gasteiger partial charge >= 0.3 is 5.69 Å². The van der Waals surface area contributed by atoms with Crippen LogP contribution in [0.25, 0.3) is 20.8 Å². The zero-order chi connectivity index (χ0) is 20.7. The molecule has 0 bridgehead atoms. The fraction of sp³-hybridized carbons (Fsp3) is 0.143. The number of aromatic nitrogens is 3. The standard InChI is InChI=1S/C21H18N4O3S/c1-12-4-9-16-17(10-12)29-18(23-16)13-5-7-14(8-6-13)22-11-15-19(26)24(2)21(28)25(3)20(15)27/h4-11,26H,1-3H3. The smallest absolute Gasteiger partial charge is 0.333 e. The predicted molar refractivity (Wildman–Crippen MR) is 116 cm³/mol. The van der Waals surface area contributed by atoms with Gasteiger partial charge in [0.1, 0.15) is 10.6 Å². The summed E-state index contributed by atoms with van der Waals surface area (Å²) in [4.78, 5) is 33.0. The maximum atomic E-state index is 12.2. The monoisotopic (exact) mass is 406 g/mol. The molecule has 0 saturated heterocycles. The largest absolute Gasteiger partial charge is 0.494 e. The van der Waals surface area contributed by atoms with Crippen molar-refractivity contribution in [2.45, 2.75) is 6.92 Å². The van der Waals surface area contributed by atoms with Gasteiger partial charge in [0.15, 0.2) is 0 Å². The molecule has 0 spiro atoms. The summed E-state index contributed by atoms with van der Waals surface area (Å²) in [7, 11) is 2.75. The first kappa shape index (κ1) is 18.8. The molecule has 146 valence electrons. The molecule has 2 aromatic heterocycles. The van der Waals surface area contributed by atoms with Crippen LogP contribution in [-0.4, -0.2) is 25.4 Å². The van der Waals surface area contributed by atoms with Gasteiger partial charge in [-0.05, 0) is 48.9 Å². The SMILES string of the molecule is Cc1ccc2nc(-c3ccc(N=Cc4c(O)n(C)c(=O)n(C)c4=O)cc3)sc2c1. The van der Waals surface area contributed by atoms with Crippen molar-refractivity contribution in [1.29, 1.82) is 0 Å². The van der Waals surface area contributed by atoms with Gasteiger partial charge in [-0.3, -0.25) is 18.9 Å². The number of aromatic hydroxyl groups is 1. The number of rotatable bonds is 3. The van der Waals surface area contributed by atoms with E-state index in [4.69, 9.17) is 0 Å². The second-order valence-corrected chi connectivity index (χ2v) is 7.77. The lowest BCUT2D eigenvalue weighted by Crippen LogP contribution is -2.38. The molecule has 0 aliphatic heterocycles. The highest BCUT2D eigenvalue weighted by atomic mass is 32.1. The summed E-state index contributed by atoms with van der Waals surface area (Å²) in [6, 6.07) is 13.6. The first-order valence-electron chi connectivity index (χ1n) is 8.86. The molecule has 1 N–H and O–H groups in total. The van der Waals surface area contributed by atoms with E-state index in [1.54, 1.807) is 11.3 Å². The van der Waals surface area contributed by atoms with Gasteiger partial charge in [-0.2, -0.15) is 0 Å². The van der Waals surface area contributed by atoms with Crippen molar-refractivity contribution in [1.82, 2.24) is 14.1 Å². The van der Waals surface area contributed by atoms with Gasteiger partial charge < -0.3 is 5.11 Å². The van der Waals surface area contributed by atoms with Gasteiger partial charge in [0, 0.05) is 25.9 Å². The van der Waals surface area contributed by atoms with Crippen molar-refractivity contribution < 1.29 is 5.11 Å². The Morgan fingerprint density at radius 1 is 1.07 bits per heavy atom. The predicted octanol–water partition coefficient (Wildman–Crippen LogP) is 3.13. The molecule has 7 nitrogen and oxygen atoms in total. The van der Waals surface area contributed by atoms with E-state index in [0.717, 1.165) is 29.9 Å². The Morgan fingerprint density at radius 3 is 2.52 bits per heavy atom. The van der Waals surface area contributed by atoms with E-state index in [2.05, 4.69) is 23.0 Å². The summed E-state index contributed by atoms with van der Waals surface area (Å²) in [6.07, 6.45) is 1.27. The number of aliphatic imine (C=N–C) groups is 1. The average Bonchev–Trinajstić information content (AvgIpc) is 3.14. The topological polar surface area (TPSA) is 89.5 Å². The summed E-state index contributed by atoms with van der Waals surface area (Å²) in [5, 5.41) is 11.0. The average molecular weight is 406 g/mol. The molecule has 0 fully saturated rings. The van der Waals surface area contributed by atoms with Crippen LogP contribution in [0.3, 0.4) is 0 Å². The van der Waals surface area contributed by atoms with Crippen molar-refractivity contribution >= 4 is 33.5 Å². The van der Waals surface area contributed by atoms with Gasteiger partial charge in [-0.1, -0.05) is 6.07 Å². The van der Waals surface area contributed by atoms with Gasteiger partial charge in [-0.15, -0.1) is 11.3 Å². The number of thiazole rings is 1. The molecular weight excluding hydrogens is 388 g/mol. The zero-order valence-electron chi connectivity index (χ0n) is 16.1. The van der Waals surface area contributed by atoms with E-state index >= 15 is 0 Å². The summed E-state index contributed by atoms with van der Waals surface area (Å²) < 4.78 is 3.07. The molecule has 2 heterocycles. The molecule has 2 aromatic carbocycles. The first-order chi connectivity index (χ1) is 13.8. The van der Waals surface area contributed by atoms with Crippen molar-refractivity contribution in [2.75, 3.05) is 0 Å². The molecule has 0 unspecified atom stereocenters. The Kier molecular flexibility index (Phi) is 4.63. The van der Waals surface area contributed by atoms with Crippen molar-refractivity contribution in [3.05, 3.63) is 74.4 Å². The van der Waals surface area contributed by atoms with Crippen LogP contribution in [-0.2, 0) is 14.1 Å². The molecule has 0 aliphatic carbocycles. The molecular formula is C21H18N4O3S. The Labute approximate surface area is 169 Å². The lowest BCUT2D eigenvalue weighted by Gasteiger charge is -2.07. The molecule has 4 aromatic rings. The number of aryl methyl sites for hydroxylation is 1. The number of hydrogen-bond acceptors (Lipinski definition) is 6. The normalized spacial score (nSPS) is 11.6. The van der Waals surface area contributed by atoms with Crippen LogP contribution in [0.1, 0.15) is 11.1 Å². The third-order valence-electron chi connectivity index (χ3n) is 4.67. The maximum Gasteiger partial charge on any atom is 0.333 e. The Morgan fingerprint density at radius 2 is 1.79 bits per heavy atom. The Balaban J connectivity index is 1.65. The minimum atomic E-state index is -0.601. The molecule has 0 atom stereocenters. The zero-order valence-corrected chi connectivity index (χ0v) is 16.9. The minimum absolute atomic E-state index is 0.0415. The van der Waals surface area contributed by atoms with E-state index in [0.29, 0.717) is 5.69 Å². The summed E-state index contributed by atoms with van der Waals surface area (Å²) >= 11 is 1.63. The van der Waals surface area contributed by atoms with E-state index in [-0.39, 0.29) is 5.56 Å². The summed E-state index contributed by atoms with van der Waals surface area (Å²) in [6.45, 7) is 2.06. The molecule has 0 amide bonds. The number of nitrogens with zero attached hydrogens (tertiary/aromatic N) is 4. The second kappa shape index (κ2) is 7.14. The highest BCUT2D eigenvalue weighted by Gasteiger charge is 2.13. The van der Waals surface area contributed by atoms with Gasteiger partial charge in [0.2, 0.25) is 5.88 Å². The van der Waals surface area contributed by atoms with Crippen LogP contribution in [0.15, 0.2) is 57.0 Å². The quantitative estimate of drug-likeness (QED) is 0.530. The lowest BCUT2D eigenvalue weighted by molar-refractivity contribution is 0.410. The second-order valence-electron chi connectivity index (χ2n) is 6.74.